The number of esters is 8. The Bertz CT molecular complexity index is 1410. The number of rotatable bonds is 4. The Morgan fingerprint density at radius 1 is 0.213 bits per heavy atom. The SMILES string of the molecule is CC(C)(C)C(=O)OC(=O)C(=O)C(C)(C)C.CC(C)(C)C(=O)OC(=O)C(=O)C(C)(C)C.CC(C)(C)C(=O)OC(=O)C(=O)C(C)(C)C.CC(C)(C)C(=O)OC(=O)C(=O)C(C)(C)C.[Nb]. The molecular weight excluding hydrogens is 877 g/mol. The number of carbonyl (C=O) groups is 12. The number of ether oxygens (including phenoxy) is 4. The van der Waals surface area contributed by atoms with E-state index in [0.29, 0.717) is 0 Å². The maximum absolute atomic E-state index is 11.4. The van der Waals surface area contributed by atoms with Crippen LogP contribution in [0.2, 0.25) is 0 Å². The Hall–Kier alpha value is -4.02. The van der Waals surface area contributed by atoms with Crippen LogP contribution >= 0.6 is 0 Å². The standard InChI is InChI=1S/4C11H18O4.Nb/c4*1-10(2,3)7(12)8(13)15-9(14)11(4,5)6;/h4*1-6H3;. The second kappa shape index (κ2) is 24.0. The van der Waals surface area contributed by atoms with Crippen molar-refractivity contribution in [3.63, 3.8) is 0 Å². The summed E-state index contributed by atoms with van der Waals surface area (Å²) in [6.07, 6.45) is 0. The summed E-state index contributed by atoms with van der Waals surface area (Å²) in [6, 6.07) is 0. The molecule has 0 aliphatic rings. The van der Waals surface area contributed by atoms with Crippen LogP contribution in [0.5, 0.6) is 0 Å². The van der Waals surface area contributed by atoms with Crippen molar-refractivity contribution in [2.45, 2.75) is 166 Å². The van der Waals surface area contributed by atoms with Crippen molar-refractivity contribution < 1.29 is 98.9 Å². The smallest absolute Gasteiger partial charge is 0.382 e. The largest absolute Gasteiger partial charge is 0.387 e. The van der Waals surface area contributed by atoms with Crippen LogP contribution in [0.3, 0.4) is 0 Å². The van der Waals surface area contributed by atoms with Crippen molar-refractivity contribution in [1.29, 1.82) is 0 Å². The molecule has 0 bridgehead atoms. The Morgan fingerprint density at radius 2 is 0.311 bits per heavy atom. The van der Waals surface area contributed by atoms with E-state index in [0.717, 1.165) is 0 Å². The van der Waals surface area contributed by atoms with Crippen LogP contribution in [0.15, 0.2) is 0 Å². The first-order valence-electron chi connectivity index (χ1n) is 19.1. The predicted octanol–water partition coefficient (Wildman–Crippen LogP) is 6.87. The van der Waals surface area contributed by atoms with Crippen molar-refractivity contribution >= 4 is 70.9 Å². The van der Waals surface area contributed by atoms with E-state index < -0.39 is 114 Å². The van der Waals surface area contributed by atoms with Crippen molar-refractivity contribution in [3.05, 3.63) is 0 Å². The summed E-state index contributed by atoms with van der Waals surface area (Å²) in [7, 11) is 0. The van der Waals surface area contributed by atoms with Crippen LogP contribution in [0, 0.1) is 43.3 Å². The van der Waals surface area contributed by atoms with Crippen LogP contribution < -0.4 is 0 Å². The fourth-order valence-electron chi connectivity index (χ4n) is 2.36. The molecule has 0 N–H and O–H groups in total. The summed E-state index contributed by atoms with van der Waals surface area (Å²) in [4.78, 5) is 136. The second-order valence-electron chi connectivity index (χ2n) is 22.0. The predicted molar refractivity (Wildman–Crippen MR) is 220 cm³/mol. The van der Waals surface area contributed by atoms with E-state index in [1.807, 2.05) is 0 Å². The molecule has 0 aromatic heterocycles. The van der Waals surface area contributed by atoms with Gasteiger partial charge in [-0.3, -0.25) is 38.4 Å². The molecule has 0 saturated carbocycles. The van der Waals surface area contributed by atoms with Gasteiger partial charge in [-0.15, -0.1) is 0 Å². The van der Waals surface area contributed by atoms with Crippen LogP contribution in [0.1, 0.15) is 166 Å². The molecule has 16 nitrogen and oxygen atoms in total. The van der Waals surface area contributed by atoms with Gasteiger partial charge in [0.2, 0.25) is 23.1 Å². The molecule has 0 aromatic rings. The molecule has 0 rings (SSSR count). The number of carbonyl (C=O) groups excluding carboxylic acids is 12. The fourth-order valence-corrected chi connectivity index (χ4v) is 2.36. The summed E-state index contributed by atoms with van der Waals surface area (Å²) in [5, 5.41) is 0. The molecule has 0 fully saturated rings. The zero-order valence-electron chi connectivity index (χ0n) is 41.0. The Labute approximate surface area is 377 Å². The first-order chi connectivity index (χ1) is 25.8. The molecule has 0 amide bonds. The quantitative estimate of drug-likeness (QED) is 0.0918. The number of hydrogen-bond acceptors (Lipinski definition) is 16. The van der Waals surface area contributed by atoms with E-state index in [1.54, 1.807) is 166 Å². The van der Waals surface area contributed by atoms with E-state index in [2.05, 4.69) is 18.9 Å². The van der Waals surface area contributed by atoms with Gasteiger partial charge >= 0.3 is 47.8 Å². The maximum atomic E-state index is 11.4. The first kappa shape index (κ1) is 66.1. The van der Waals surface area contributed by atoms with Gasteiger partial charge in [-0.2, -0.15) is 0 Å². The third kappa shape index (κ3) is 28.3. The molecule has 0 heterocycles. The fraction of sp³-hybridized carbons (Fsp3) is 0.727. The molecule has 0 aliphatic heterocycles. The summed E-state index contributed by atoms with van der Waals surface area (Å²) in [6.45, 7) is 38.5. The molecule has 349 valence electrons. The topological polar surface area (TPSA) is 242 Å². The average molecular weight is 950 g/mol. The van der Waals surface area contributed by atoms with Crippen molar-refractivity contribution in [2.75, 3.05) is 0 Å². The van der Waals surface area contributed by atoms with Gasteiger partial charge in [-0.1, -0.05) is 83.1 Å². The molecule has 61 heavy (non-hydrogen) atoms. The van der Waals surface area contributed by atoms with Crippen molar-refractivity contribution in [1.82, 2.24) is 0 Å². The molecule has 0 atom stereocenters. The normalized spacial score (nSPS) is 11.9. The van der Waals surface area contributed by atoms with Gasteiger partial charge in [0.25, 0.3) is 0 Å². The molecule has 0 saturated heterocycles. The van der Waals surface area contributed by atoms with Gasteiger partial charge in [0.15, 0.2) is 0 Å². The number of Topliss-reactive ketones (excluding diaryl/α,β-unsaturated/α-hetero) is 4. The molecule has 1 radical (unpaired) electrons. The number of ketones is 4. The molecule has 0 aliphatic carbocycles. The van der Waals surface area contributed by atoms with Crippen LogP contribution in [0.4, 0.5) is 0 Å². The Morgan fingerprint density at radius 3 is 0.377 bits per heavy atom. The van der Waals surface area contributed by atoms with Gasteiger partial charge in [0.1, 0.15) is 0 Å². The van der Waals surface area contributed by atoms with Crippen molar-refractivity contribution in [3.8, 4) is 0 Å². The van der Waals surface area contributed by atoms with E-state index in [4.69, 9.17) is 0 Å². The summed E-state index contributed by atoms with van der Waals surface area (Å²) in [5.74, 6) is -9.86. The average Bonchev–Trinajstić information content (AvgIpc) is 3.00. The Balaban J connectivity index is -0.000000227. The minimum Gasteiger partial charge on any atom is -0.387 e. The van der Waals surface area contributed by atoms with E-state index >= 15 is 0 Å². The zero-order valence-corrected chi connectivity index (χ0v) is 43.2. The molecule has 0 spiro atoms. The van der Waals surface area contributed by atoms with Crippen LogP contribution in [0.25, 0.3) is 0 Å². The number of hydrogen-bond donors (Lipinski definition) is 0. The van der Waals surface area contributed by atoms with Gasteiger partial charge < -0.3 is 18.9 Å². The maximum Gasteiger partial charge on any atom is 0.382 e. The molecule has 0 unspecified atom stereocenters. The van der Waals surface area contributed by atoms with Gasteiger partial charge in [0.05, 0.1) is 21.7 Å². The monoisotopic (exact) mass is 949 g/mol. The third-order valence-corrected chi connectivity index (χ3v) is 6.66. The van der Waals surface area contributed by atoms with E-state index in [-0.39, 0.29) is 22.4 Å². The van der Waals surface area contributed by atoms with E-state index in [1.165, 1.54) is 0 Å². The van der Waals surface area contributed by atoms with Crippen LogP contribution in [-0.4, -0.2) is 70.9 Å². The zero-order chi connectivity index (χ0) is 49.8. The Kier molecular flexibility index (Phi) is 26.0. The minimum atomic E-state index is -1.08. The summed E-state index contributed by atoms with van der Waals surface area (Å²) < 4.78 is 17.9. The third-order valence-electron chi connectivity index (χ3n) is 6.66. The first-order valence-corrected chi connectivity index (χ1v) is 19.1. The minimum absolute atomic E-state index is 0. The molecular formula is C44H72NbO16. The van der Waals surface area contributed by atoms with Crippen molar-refractivity contribution in [2.24, 2.45) is 43.3 Å². The molecule has 17 heteroatoms. The van der Waals surface area contributed by atoms with Gasteiger partial charge in [-0.05, 0) is 83.1 Å². The summed E-state index contributed by atoms with van der Waals surface area (Å²) in [5.41, 5.74) is -6.43. The van der Waals surface area contributed by atoms with Gasteiger partial charge in [-0.25, -0.2) is 19.2 Å². The van der Waals surface area contributed by atoms with E-state index in [9.17, 15) is 57.5 Å². The summed E-state index contributed by atoms with van der Waals surface area (Å²) >= 11 is 0. The molecule has 0 aromatic carbocycles. The van der Waals surface area contributed by atoms with Crippen LogP contribution in [-0.2, 0) is 98.9 Å². The van der Waals surface area contributed by atoms with Gasteiger partial charge in [0, 0.05) is 44.0 Å². The second-order valence-corrected chi connectivity index (χ2v) is 22.0.